The zero-order chi connectivity index (χ0) is 16.9. The molecule has 0 amide bonds. The van der Waals surface area contributed by atoms with Gasteiger partial charge in [-0.2, -0.15) is 0 Å². The molecule has 0 unspecified atom stereocenters. The number of hydrogen-bond acceptors (Lipinski definition) is 2. The maximum absolute atomic E-state index is 10.3. The molecule has 1 N–H and O–H groups in total. The lowest BCUT2D eigenvalue weighted by Gasteiger charge is -2.01. The molecule has 0 atom stereocenters. The summed E-state index contributed by atoms with van der Waals surface area (Å²) in [5.74, 6) is -0.875. The molecule has 0 fully saturated rings. The molecule has 0 bridgehead atoms. The molecule has 24 heavy (non-hydrogen) atoms. The molecular formula is C21H17NO2. The van der Waals surface area contributed by atoms with E-state index in [0.29, 0.717) is 5.56 Å². The van der Waals surface area contributed by atoms with Gasteiger partial charge in [-0.05, 0) is 30.5 Å². The second-order valence-electron chi connectivity index (χ2n) is 5.53. The van der Waals surface area contributed by atoms with Crippen LogP contribution in [-0.4, -0.2) is 16.1 Å². The Bertz CT molecular complexity index is 936. The van der Waals surface area contributed by atoms with Gasteiger partial charge >= 0.3 is 5.97 Å². The third-order valence-electron chi connectivity index (χ3n) is 3.80. The van der Waals surface area contributed by atoms with Gasteiger partial charge in [-0.1, -0.05) is 60.2 Å². The van der Waals surface area contributed by atoms with Gasteiger partial charge in [-0.3, -0.25) is 4.98 Å². The molecule has 1 heterocycles. The quantitative estimate of drug-likeness (QED) is 0.498. The third kappa shape index (κ3) is 3.41. The first-order valence-corrected chi connectivity index (χ1v) is 7.67. The molecule has 4 aromatic rings. The van der Waals surface area contributed by atoms with Gasteiger partial charge in [-0.15, -0.1) is 0 Å². The zero-order valence-electron chi connectivity index (χ0n) is 13.3. The van der Waals surface area contributed by atoms with Crippen molar-refractivity contribution in [1.82, 2.24) is 4.98 Å². The molecule has 0 saturated heterocycles. The summed E-state index contributed by atoms with van der Waals surface area (Å²) >= 11 is 0. The lowest BCUT2D eigenvalue weighted by molar-refractivity contribution is 0.0697. The van der Waals surface area contributed by atoms with E-state index in [4.69, 9.17) is 5.11 Å². The Hall–Kier alpha value is -3.20. The van der Waals surface area contributed by atoms with Gasteiger partial charge < -0.3 is 5.11 Å². The molecule has 3 heteroatoms. The molecule has 0 radical (unpaired) electrons. The Kier molecular flexibility index (Phi) is 4.52. The first-order valence-electron chi connectivity index (χ1n) is 7.67. The lowest BCUT2D eigenvalue weighted by atomic mass is 10.1. The highest BCUT2D eigenvalue weighted by Gasteiger charge is 1.99. The van der Waals surface area contributed by atoms with Crippen molar-refractivity contribution >= 4 is 27.6 Å². The van der Waals surface area contributed by atoms with Crippen LogP contribution < -0.4 is 0 Å². The van der Waals surface area contributed by atoms with Gasteiger partial charge in [0.25, 0.3) is 0 Å². The van der Waals surface area contributed by atoms with E-state index in [-0.39, 0.29) is 0 Å². The second-order valence-corrected chi connectivity index (χ2v) is 5.53. The topological polar surface area (TPSA) is 50.2 Å². The number of carboxylic acids is 1. The summed E-state index contributed by atoms with van der Waals surface area (Å²) in [6.45, 7) is 1.92. The number of carbonyl (C=O) groups is 1. The van der Waals surface area contributed by atoms with Crippen molar-refractivity contribution in [3.63, 3.8) is 0 Å². The molecule has 3 aromatic carbocycles. The molecule has 0 aliphatic rings. The normalized spacial score (nSPS) is 10.2. The van der Waals surface area contributed by atoms with E-state index < -0.39 is 5.97 Å². The number of fused-ring (bicyclic) bond motifs is 3. The lowest BCUT2D eigenvalue weighted by Crippen LogP contribution is -1.94. The highest BCUT2D eigenvalue weighted by Crippen LogP contribution is 2.22. The standard InChI is InChI=1S/C13H9N.C8H8O2/c1-2-6-12-10(4-1)7-8-11-5-3-9-14-13(11)12;1-6-2-4-7(5-3-6)8(9)10/h1-9H;2-5H,1H3,(H,9,10). The number of benzene rings is 3. The van der Waals surface area contributed by atoms with E-state index in [0.717, 1.165) is 11.1 Å². The van der Waals surface area contributed by atoms with Crippen LogP contribution in [0.15, 0.2) is 79.0 Å². The zero-order valence-corrected chi connectivity index (χ0v) is 13.3. The van der Waals surface area contributed by atoms with Gasteiger partial charge in [0.15, 0.2) is 0 Å². The molecule has 0 aliphatic carbocycles. The smallest absolute Gasteiger partial charge is 0.335 e. The van der Waals surface area contributed by atoms with Crippen LogP contribution in [0.4, 0.5) is 0 Å². The Morgan fingerprint density at radius 3 is 2.25 bits per heavy atom. The van der Waals surface area contributed by atoms with E-state index >= 15 is 0 Å². The Morgan fingerprint density at radius 2 is 1.50 bits per heavy atom. The molecule has 0 spiro atoms. The average molecular weight is 315 g/mol. The van der Waals surface area contributed by atoms with E-state index in [1.807, 2.05) is 19.2 Å². The molecular weight excluding hydrogens is 298 g/mol. The van der Waals surface area contributed by atoms with Gasteiger partial charge in [0.2, 0.25) is 0 Å². The number of pyridine rings is 1. The number of carboxylic acid groups (broad SMARTS) is 1. The second kappa shape index (κ2) is 6.92. The minimum absolute atomic E-state index is 0.339. The van der Waals surface area contributed by atoms with E-state index in [1.54, 1.807) is 24.3 Å². The molecule has 118 valence electrons. The van der Waals surface area contributed by atoms with Gasteiger partial charge in [0.1, 0.15) is 0 Å². The minimum Gasteiger partial charge on any atom is -0.478 e. The van der Waals surface area contributed by atoms with E-state index in [9.17, 15) is 4.79 Å². The van der Waals surface area contributed by atoms with E-state index in [2.05, 4.69) is 47.4 Å². The predicted molar refractivity (Wildman–Crippen MR) is 97.4 cm³/mol. The maximum atomic E-state index is 10.3. The summed E-state index contributed by atoms with van der Waals surface area (Å²) in [7, 11) is 0. The molecule has 0 saturated carbocycles. The molecule has 1 aromatic heterocycles. The number of rotatable bonds is 1. The van der Waals surface area contributed by atoms with E-state index in [1.165, 1.54) is 16.2 Å². The van der Waals surface area contributed by atoms with Gasteiger partial charge in [0.05, 0.1) is 11.1 Å². The fraction of sp³-hybridized carbons (Fsp3) is 0.0476. The van der Waals surface area contributed by atoms with Crippen LogP contribution in [-0.2, 0) is 0 Å². The van der Waals surface area contributed by atoms with Crippen molar-refractivity contribution in [1.29, 1.82) is 0 Å². The average Bonchev–Trinajstić information content (AvgIpc) is 2.62. The van der Waals surface area contributed by atoms with Crippen molar-refractivity contribution in [2.24, 2.45) is 0 Å². The Labute approximate surface area is 140 Å². The fourth-order valence-electron chi connectivity index (χ4n) is 2.51. The fourth-order valence-corrected chi connectivity index (χ4v) is 2.51. The van der Waals surface area contributed by atoms with Crippen LogP contribution >= 0.6 is 0 Å². The number of nitrogens with zero attached hydrogens (tertiary/aromatic N) is 1. The summed E-state index contributed by atoms with van der Waals surface area (Å²) in [5.41, 5.74) is 2.50. The summed E-state index contributed by atoms with van der Waals surface area (Å²) in [6.07, 6.45) is 1.84. The van der Waals surface area contributed by atoms with Crippen LogP contribution in [0.2, 0.25) is 0 Å². The summed E-state index contributed by atoms with van der Waals surface area (Å²) < 4.78 is 0. The van der Waals surface area contributed by atoms with Crippen molar-refractivity contribution < 1.29 is 9.90 Å². The van der Waals surface area contributed by atoms with Crippen molar-refractivity contribution in [3.8, 4) is 0 Å². The largest absolute Gasteiger partial charge is 0.478 e. The predicted octanol–water partition coefficient (Wildman–Crippen LogP) is 5.08. The first-order chi connectivity index (χ1) is 11.6. The van der Waals surface area contributed by atoms with Crippen LogP contribution in [0.3, 0.4) is 0 Å². The van der Waals surface area contributed by atoms with Crippen molar-refractivity contribution in [2.45, 2.75) is 6.92 Å². The van der Waals surface area contributed by atoms with Gasteiger partial charge in [0, 0.05) is 17.0 Å². The maximum Gasteiger partial charge on any atom is 0.335 e. The molecule has 0 aliphatic heterocycles. The molecule has 3 nitrogen and oxygen atoms in total. The van der Waals surface area contributed by atoms with Crippen LogP contribution in [0.5, 0.6) is 0 Å². The number of aromatic nitrogens is 1. The first kappa shape index (κ1) is 15.7. The van der Waals surface area contributed by atoms with Crippen LogP contribution in [0, 0.1) is 6.92 Å². The van der Waals surface area contributed by atoms with Crippen LogP contribution in [0.1, 0.15) is 15.9 Å². The van der Waals surface area contributed by atoms with Gasteiger partial charge in [-0.25, -0.2) is 4.79 Å². The Balaban J connectivity index is 0.000000150. The SMILES string of the molecule is Cc1ccc(C(=O)O)cc1.c1ccc2c(c1)ccc1cccnc12. The highest BCUT2D eigenvalue weighted by molar-refractivity contribution is 6.04. The number of aromatic carboxylic acids is 1. The number of hydrogen-bond donors (Lipinski definition) is 1. The number of aryl methyl sites for hydroxylation is 1. The summed E-state index contributed by atoms with van der Waals surface area (Å²) in [6, 6.07) is 23.4. The monoisotopic (exact) mass is 315 g/mol. The van der Waals surface area contributed by atoms with Crippen LogP contribution in [0.25, 0.3) is 21.7 Å². The highest BCUT2D eigenvalue weighted by atomic mass is 16.4. The summed E-state index contributed by atoms with van der Waals surface area (Å²) in [5, 5.41) is 12.2. The third-order valence-corrected chi connectivity index (χ3v) is 3.80. The molecule has 4 rings (SSSR count). The Morgan fingerprint density at radius 1 is 0.833 bits per heavy atom. The van der Waals surface area contributed by atoms with Crippen molar-refractivity contribution in [3.05, 3.63) is 90.1 Å². The summed E-state index contributed by atoms with van der Waals surface area (Å²) in [4.78, 5) is 14.7. The van der Waals surface area contributed by atoms with Crippen molar-refractivity contribution in [2.75, 3.05) is 0 Å². The minimum atomic E-state index is -0.875.